The van der Waals surface area contributed by atoms with E-state index < -0.39 is 17.6 Å². The summed E-state index contributed by atoms with van der Waals surface area (Å²) >= 11 is 0. The molecule has 4 aliphatic carbocycles. The molecule has 1 saturated heterocycles. The maximum Gasteiger partial charge on any atom is 0.416 e. The zero-order valence-corrected chi connectivity index (χ0v) is 25.1. The fourth-order valence-corrected chi connectivity index (χ4v) is 9.51. The lowest BCUT2D eigenvalue weighted by molar-refractivity contribution is -0.140. The first kappa shape index (κ1) is 29.3. The molecule has 1 heterocycles. The SMILES string of the molecule is C[C@H]1CN(C2CCC(CC3CCC3)(C(=O)C3CCC3Cc3cc(F)cc(C(F)(F)F)c3)C2)CC[C@@]12C=Cc1ccccc12. The van der Waals surface area contributed by atoms with E-state index in [1.807, 2.05) is 0 Å². The van der Waals surface area contributed by atoms with Gasteiger partial charge in [-0.15, -0.1) is 0 Å². The summed E-state index contributed by atoms with van der Waals surface area (Å²) < 4.78 is 54.1. The number of halogens is 4. The third kappa shape index (κ3) is 5.19. The lowest BCUT2D eigenvalue weighted by atomic mass is 9.59. The molecule has 6 atom stereocenters. The molecule has 43 heavy (non-hydrogen) atoms. The van der Waals surface area contributed by atoms with Crippen molar-refractivity contribution >= 4 is 11.9 Å². The van der Waals surface area contributed by atoms with E-state index in [0.29, 0.717) is 41.7 Å². The molecule has 0 N–H and O–H groups in total. The van der Waals surface area contributed by atoms with Crippen molar-refractivity contribution in [1.29, 1.82) is 0 Å². The highest BCUT2D eigenvalue weighted by Crippen LogP contribution is 2.55. The number of likely N-dealkylation sites (tertiary alicyclic amines) is 1. The summed E-state index contributed by atoms with van der Waals surface area (Å²) in [6, 6.07) is 12.0. The molecular formula is C37H43F4NO. The van der Waals surface area contributed by atoms with E-state index in [4.69, 9.17) is 0 Å². The van der Waals surface area contributed by atoms with Crippen LogP contribution in [-0.2, 0) is 22.8 Å². The van der Waals surface area contributed by atoms with Crippen molar-refractivity contribution in [1.82, 2.24) is 4.90 Å². The highest BCUT2D eigenvalue weighted by Gasteiger charge is 2.54. The molecule has 2 nitrogen and oxygen atoms in total. The van der Waals surface area contributed by atoms with Gasteiger partial charge in [0.2, 0.25) is 0 Å². The molecule has 230 valence electrons. The van der Waals surface area contributed by atoms with Crippen molar-refractivity contribution in [2.24, 2.45) is 29.1 Å². The Hall–Kier alpha value is -2.47. The minimum absolute atomic E-state index is 0.00297. The van der Waals surface area contributed by atoms with Crippen LogP contribution in [0.3, 0.4) is 0 Å². The molecule has 5 aliphatic rings. The van der Waals surface area contributed by atoms with Crippen LogP contribution in [0.1, 0.15) is 93.4 Å². The Labute approximate surface area is 252 Å². The molecular weight excluding hydrogens is 550 g/mol. The van der Waals surface area contributed by atoms with Gasteiger partial charge in [-0.2, -0.15) is 13.2 Å². The van der Waals surface area contributed by atoms with Gasteiger partial charge in [-0.25, -0.2) is 4.39 Å². The van der Waals surface area contributed by atoms with Crippen molar-refractivity contribution in [3.05, 3.63) is 76.6 Å². The fourth-order valence-electron chi connectivity index (χ4n) is 9.51. The van der Waals surface area contributed by atoms with E-state index >= 15 is 0 Å². The van der Waals surface area contributed by atoms with Crippen LogP contribution in [0.4, 0.5) is 17.6 Å². The van der Waals surface area contributed by atoms with E-state index in [1.165, 1.54) is 36.5 Å². The van der Waals surface area contributed by atoms with Crippen molar-refractivity contribution in [2.45, 2.75) is 95.2 Å². The molecule has 2 aromatic carbocycles. The Morgan fingerprint density at radius 3 is 2.53 bits per heavy atom. The Morgan fingerprint density at radius 1 is 1.02 bits per heavy atom. The van der Waals surface area contributed by atoms with Crippen LogP contribution in [0, 0.1) is 34.9 Å². The Kier molecular flexibility index (Phi) is 7.38. The van der Waals surface area contributed by atoms with Crippen LogP contribution in [0.15, 0.2) is 48.5 Å². The zero-order chi connectivity index (χ0) is 30.0. The molecule has 2 aromatic rings. The molecule has 0 amide bonds. The minimum atomic E-state index is -4.58. The van der Waals surface area contributed by atoms with Crippen LogP contribution in [0.2, 0.25) is 0 Å². The van der Waals surface area contributed by atoms with E-state index in [1.54, 1.807) is 0 Å². The average molecular weight is 594 g/mol. The lowest BCUT2D eigenvalue weighted by Crippen LogP contribution is -2.51. The van der Waals surface area contributed by atoms with E-state index in [2.05, 4.69) is 48.2 Å². The Balaban J connectivity index is 1.06. The van der Waals surface area contributed by atoms with Gasteiger partial charge in [0.15, 0.2) is 0 Å². The standard InChI is InChI=1S/C37H43F4NO/c1-24-23-42(16-15-36(24)14-11-27-7-2-3-8-33(27)36)31-12-13-35(22-31,21-25-5-4-6-25)34(43)32-10-9-28(32)17-26-18-29(37(39,40)41)20-30(38)19-26/h2-3,7-8,11,14,18-20,24-25,28,31-32H,4-6,9-10,12-13,15-17,21-23H2,1H3/t24-,28?,31?,32?,35?,36-/m0/s1. The number of ketones is 1. The molecule has 1 aliphatic heterocycles. The number of carbonyl (C=O) groups excluding carboxylic acids is 1. The van der Waals surface area contributed by atoms with Gasteiger partial charge in [-0.05, 0) is 111 Å². The Morgan fingerprint density at radius 2 is 1.84 bits per heavy atom. The molecule has 0 radical (unpaired) electrons. The zero-order valence-electron chi connectivity index (χ0n) is 25.1. The number of nitrogens with zero attached hydrogens (tertiary/aromatic N) is 1. The second-order valence-corrected chi connectivity index (χ2v) is 14.6. The van der Waals surface area contributed by atoms with Gasteiger partial charge in [-0.1, -0.05) is 62.6 Å². The van der Waals surface area contributed by atoms with E-state index in [-0.39, 0.29) is 22.7 Å². The maximum absolute atomic E-state index is 14.5. The first-order valence-corrected chi connectivity index (χ1v) is 16.5. The lowest BCUT2D eigenvalue weighted by Gasteiger charge is -2.47. The fraction of sp³-hybridized carbons (Fsp3) is 0.595. The summed E-state index contributed by atoms with van der Waals surface area (Å²) in [5.74, 6) is 0.475. The number of hydrogen-bond donors (Lipinski definition) is 0. The van der Waals surface area contributed by atoms with Crippen molar-refractivity contribution in [3.63, 3.8) is 0 Å². The number of alkyl halides is 3. The topological polar surface area (TPSA) is 20.3 Å². The number of rotatable bonds is 7. The molecule has 4 fully saturated rings. The molecule has 1 spiro atoms. The summed E-state index contributed by atoms with van der Waals surface area (Å²) in [7, 11) is 0. The van der Waals surface area contributed by atoms with E-state index in [0.717, 1.165) is 64.1 Å². The summed E-state index contributed by atoms with van der Waals surface area (Å²) in [5, 5.41) is 0. The number of piperidine rings is 1. The van der Waals surface area contributed by atoms with Crippen LogP contribution in [-0.4, -0.2) is 29.8 Å². The quantitative estimate of drug-likeness (QED) is 0.299. The molecule has 0 bridgehead atoms. The summed E-state index contributed by atoms with van der Waals surface area (Å²) in [4.78, 5) is 17.1. The average Bonchev–Trinajstić information content (AvgIpc) is 3.54. The second-order valence-electron chi connectivity index (χ2n) is 14.6. The van der Waals surface area contributed by atoms with Crippen LogP contribution in [0.5, 0.6) is 0 Å². The first-order valence-electron chi connectivity index (χ1n) is 16.5. The molecule has 6 heteroatoms. The molecule has 3 saturated carbocycles. The highest BCUT2D eigenvalue weighted by molar-refractivity contribution is 5.88. The predicted octanol–water partition coefficient (Wildman–Crippen LogP) is 9.02. The van der Waals surface area contributed by atoms with Gasteiger partial charge in [0.1, 0.15) is 11.6 Å². The molecule has 4 unspecified atom stereocenters. The predicted molar refractivity (Wildman–Crippen MR) is 161 cm³/mol. The van der Waals surface area contributed by atoms with Crippen LogP contribution < -0.4 is 0 Å². The number of Topliss-reactive ketones (excluding diaryl/α,β-unsaturated/α-hetero) is 1. The maximum atomic E-state index is 14.5. The smallest absolute Gasteiger partial charge is 0.300 e. The number of fused-ring (bicyclic) bond motifs is 2. The summed E-state index contributed by atoms with van der Waals surface area (Å²) in [5.41, 5.74) is 1.99. The van der Waals surface area contributed by atoms with Gasteiger partial charge in [0, 0.05) is 29.3 Å². The molecule has 0 aromatic heterocycles. The Bertz CT molecular complexity index is 1410. The second kappa shape index (κ2) is 10.9. The largest absolute Gasteiger partial charge is 0.416 e. The number of hydrogen-bond acceptors (Lipinski definition) is 2. The van der Waals surface area contributed by atoms with Crippen molar-refractivity contribution in [2.75, 3.05) is 13.1 Å². The van der Waals surface area contributed by atoms with E-state index in [9.17, 15) is 22.4 Å². The summed E-state index contributed by atoms with van der Waals surface area (Å²) in [6.07, 6.45) is 10.7. The number of carbonyl (C=O) groups is 1. The van der Waals surface area contributed by atoms with Gasteiger partial charge >= 0.3 is 6.18 Å². The van der Waals surface area contributed by atoms with Gasteiger partial charge < -0.3 is 0 Å². The van der Waals surface area contributed by atoms with Gasteiger partial charge in [-0.3, -0.25) is 9.69 Å². The first-order chi connectivity index (χ1) is 20.6. The number of benzene rings is 2. The third-order valence-electron chi connectivity index (χ3n) is 12.3. The van der Waals surface area contributed by atoms with Gasteiger partial charge in [0.25, 0.3) is 0 Å². The summed E-state index contributed by atoms with van der Waals surface area (Å²) in [6.45, 7) is 4.45. The van der Waals surface area contributed by atoms with Crippen molar-refractivity contribution in [3.8, 4) is 0 Å². The van der Waals surface area contributed by atoms with Crippen molar-refractivity contribution < 1.29 is 22.4 Å². The highest BCUT2D eigenvalue weighted by atomic mass is 19.4. The monoisotopic (exact) mass is 593 g/mol. The third-order valence-corrected chi connectivity index (χ3v) is 12.3. The minimum Gasteiger partial charge on any atom is -0.300 e. The van der Waals surface area contributed by atoms with Gasteiger partial charge in [0.05, 0.1) is 5.56 Å². The number of allylic oxidation sites excluding steroid dienone is 1. The van der Waals surface area contributed by atoms with Crippen LogP contribution >= 0.6 is 0 Å². The normalized spacial score (nSPS) is 34.3. The molecule has 7 rings (SSSR count). The van der Waals surface area contributed by atoms with Crippen LogP contribution in [0.25, 0.3) is 6.08 Å².